The van der Waals surface area contributed by atoms with Crippen molar-refractivity contribution in [3.05, 3.63) is 204 Å². The summed E-state index contributed by atoms with van der Waals surface area (Å²) in [5.41, 5.74) is 4.18. The highest BCUT2D eigenvalue weighted by atomic mass is 32.3. The minimum absolute atomic E-state index is 0.0590. The molecule has 49 heavy (non-hydrogen) atoms. The Bertz CT molecular complexity index is 1900. The molecule has 6 aromatic rings. The van der Waals surface area contributed by atoms with Crippen molar-refractivity contribution in [1.82, 2.24) is 0 Å². The summed E-state index contributed by atoms with van der Waals surface area (Å²) < 4.78 is 28.3. The van der Waals surface area contributed by atoms with Crippen molar-refractivity contribution in [3.8, 4) is 6.07 Å². The molecular weight excluding hydrogens is 625 g/mol. The van der Waals surface area contributed by atoms with E-state index in [-0.39, 0.29) is 12.4 Å². The molecule has 0 atom stereocenters. The lowest BCUT2D eigenvalue weighted by molar-refractivity contribution is 0.188. The molecule has 0 aliphatic rings. The predicted molar refractivity (Wildman–Crippen MR) is 196 cm³/mol. The van der Waals surface area contributed by atoms with Gasteiger partial charge < -0.3 is 9.68 Å². The maximum Gasteiger partial charge on any atom is 0.656 e. The van der Waals surface area contributed by atoms with Crippen LogP contribution < -0.4 is 0 Å². The fraction of sp³-hybridized carbons (Fsp3) is 0.119. The van der Waals surface area contributed by atoms with Gasteiger partial charge in [-0.25, -0.2) is 0 Å². The quantitative estimate of drug-likeness (QED) is 0.0717. The van der Waals surface area contributed by atoms with E-state index in [0.29, 0.717) is 33.8 Å². The minimum Gasteiger partial charge on any atom is -0.401 e. The summed E-state index contributed by atoms with van der Waals surface area (Å²) in [6.45, 7) is 0.152. The van der Waals surface area contributed by atoms with Crippen LogP contribution in [0.3, 0.4) is 0 Å². The van der Waals surface area contributed by atoms with Gasteiger partial charge in [-0.15, -0.1) is 9.35 Å². The first kappa shape index (κ1) is 33.8. The Morgan fingerprint density at radius 1 is 0.612 bits per heavy atom. The number of nitriles is 1. The summed E-state index contributed by atoms with van der Waals surface area (Å²) in [5.74, 6) is -0.0590. The lowest BCUT2D eigenvalue weighted by Crippen LogP contribution is -2.44. The molecule has 0 fully saturated rings. The van der Waals surface area contributed by atoms with Crippen LogP contribution in [-0.2, 0) is 29.3 Å². The third-order valence-corrected chi connectivity index (χ3v) is 12.9. The summed E-state index contributed by atoms with van der Waals surface area (Å²) in [4.78, 5) is 0.850. The Balaban J connectivity index is 1.31. The number of hydrogen-bond donors (Lipinski definition) is 1. The van der Waals surface area contributed by atoms with Gasteiger partial charge >= 0.3 is 7.32 Å². The number of rotatable bonds is 14. The van der Waals surface area contributed by atoms with Gasteiger partial charge in [0.1, 0.15) is 0 Å². The average molecular weight is 664 g/mol. The van der Waals surface area contributed by atoms with Gasteiger partial charge in [-0.1, -0.05) is 140 Å². The van der Waals surface area contributed by atoms with Gasteiger partial charge in [-0.3, -0.25) is 4.10 Å². The summed E-state index contributed by atoms with van der Waals surface area (Å²) in [6, 6.07) is 58.3. The summed E-state index contributed by atoms with van der Waals surface area (Å²) in [7, 11) is -6.31. The average Bonchev–Trinajstić information content (AvgIpc) is 3.17. The molecule has 6 aromatic carbocycles. The van der Waals surface area contributed by atoms with E-state index in [1.807, 2.05) is 30.3 Å². The molecule has 0 aliphatic carbocycles. The molecule has 0 saturated carbocycles. The van der Waals surface area contributed by atoms with E-state index in [1.165, 1.54) is 0 Å². The zero-order valence-electron chi connectivity index (χ0n) is 27.2. The van der Waals surface area contributed by atoms with Crippen LogP contribution in [0.15, 0.2) is 186 Å². The van der Waals surface area contributed by atoms with Gasteiger partial charge in [0.15, 0.2) is 0 Å². The monoisotopic (exact) mass is 663 g/mol. The first-order valence-corrected chi connectivity index (χ1v) is 18.4. The van der Waals surface area contributed by atoms with Crippen molar-refractivity contribution < 1.29 is 18.0 Å². The fourth-order valence-electron chi connectivity index (χ4n) is 6.64. The lowest BCUT2D eigenvalue weighted by Gasteiger charge is -2.49. The number of nitrogens with zero attached hydrogens (tertiary/aromatic N) is 1. The van der Waals surface area contributed by atoms with Crippen LogP contribution in [-0.4, -0.2) is 23.2 Å². The Kier molecular flexibility index (Phi) is 10.3. The van der Waals surface area contributed by atoms with E-state index in [9.17, 15) is 10.3 Å². The lowest BCUT2D eigenvalue weighted by atomic mass is 9.67. The maximum atomic E-state index is 15.9. The van der Waals surface area contributed by atoms with Crippen molar-refractivity contribution in [1.29, 1.82) is 5.26 Å². The van der Waals surface area contributed by atoms with Crippen LogP contribution in [0.1, 0.15) is 40.7 Å². The summed E-state index contributed by atoms with van der Waals surface area (Å²) >= 11 is 0. The van der Waals surface area contributed by atoms with E-state index in [4.69, 9.17) is 8.75 Å². The summed E-state index contributed by atoms with van der Waals surface area (Å²) in [6.07, 6.45) is 1.25. The highest BCUT2D eigenvalue weighted by molar-refractivity contribution is 8.15. The van der Waals surface area contributed by atoms with Crippen LogP contribution in [0.25, 0.3) is 0 Å². The molecule has 0 heterocycles. The van der Waals surface area contributed by atoms with Crippen LogP contribution in [0.4, 0.5) is 0 Å². The van der Waals surface area contributed by atoms with Crippen molar-refractivity contribution in [2.24, 2.45) is 0 Å². The summed E-state index contributed by atoms with van der Waals surface area (Å²) in [5, 5.41) is 20.8. The van der Waals surface area contributed by atoms with Crippen LogP contribution in [0.5, 0.6) is 0 Å². The molecule has 5 nitrogen and oxygen atoms in total. The molecule has 0 aliphatic heterocycles. The van der Waals surface area contributed by atoms with E-state index in [1.54, 1.807) is 72.8 Å². The largest absolute Gasteiger partial charge is 0.656 e. The molecule has 244 valence electrons. The molecule has 1 N–H and O–H groups in total. The molecule has 0 bridgehead atoms. The van der Waals surface area contributed by atoms with Crippen LogP contribution >= 0.6 is 0 Å². The van der Waals surface area contributed by atoms with Crippen molar-refractivity contribution in [2.45, 2.75) is 33.8 Å². The molecule has 0 amide bonds. The Hall–Kier alpha value is -5.10. The SMILES string of the molecule is N#Cc1ccc(CS(=O)(OB(O)OCCCC(c2ccccc2)(c2ccccc2)c2ccccc2)(c2ccccc2)c2ccccc2)cc1. The molecular formula is C42H38BNO4S. The number of benzene rings is 6. The van der Waals surface area contributed by atoms with Crippen molar-refractivity contribution in [3.63, 3.8) is 0 Å². The van der Waals surface area contributed by atoms with Gasteiger partial charge in [-0.2, -0.15) is 9.47 Å². The predicted octanol–water partition coefficient (Wildman–Crippen LogP) is 8.74. The highest BCUT2D eigenvalue weighted by Crippen LogP contribution is 2.48. The third kappa shape index (κ3) is 7.05. The Labute approximate surface area is 289 Å². The minimum atomic E-state index is -4.52. The van der Waals surface area contributed by atoms with Gasteiger partial charge in [0.25, 0.3) is 0 Å². The Morgan fingerprint density at radius 2 is 1.02 bits per heavy atom. The molecule has 0 unspecified atom stereocenters. The van der Waals surface area contributed by atoms with Gasteiger partial charge in [0.2, 0.25) is 0 Å². The zero-order valence-corrected chi connectivity index (χ0v) is 28.0. The van der Waals surface area contributed by atoms with Crippen molar-refractivity contribution >= 4 is 16.7 Å². The molecule has 7 heteroatoms. The zero-order chi connectivity index (χ0) is 34.0. The first-order chi connectivity index (χ1) is 23.9. The van der Waals surface area contributed by atoms with Gasteiger partial charge in [0, 0.05) is 12.0 Å². The van der Waals surface area contributed by atoms with E-state index >= 15 is 4.21 Å². The number of hydrogen-bond acceptors (Lipinski definition) is 5. The molecule has 6 rings (SSSR count). The fourth-order valence-corrected chi connectivity index (χ4v) is 10.2. The third-order valence-electron chi connectivity index (χ3n) is 8.99. The second-order valence-electron chi connectivity index (χ2n) is 12.0. The molecule has 0 saturated heterocycles. The van der Waals surface area contributed by atoms with Gasteiger partial charge in [-0.05, 0) is 71.5 Å². The second kappa shape index (κ2) is 15.0. The first-order valence-electron chi connectivity index (χ1n) is 16.4. The van der Waals surface area contributed by atoms with Crippen LogP contribution in [0.2, 0.25) is 0 Å². The van der Waals surface area contributed by atoms with E-state index in [0.717, 1.165) is 16.7 Å². The second-order valence-corrected chi connectivity index (χ2v) is 15.5. The van der Waals surface area contributed by atoms with Crippen LogP contribution in [0, 0.1) is 11.3 Å². The van der Waals surface area contributed by atoms with Crippen molar-refractivity contribution in [2.75, 3.05) is 6.61 Å². The smallest absolute Gasteiger partial charge is 0.401 e. The Morgan fingerprint density at radius 3 is 1.43 bits per heavy atom. The van der Waals surface area contributed by atoms with E-state index in [2.05, 4.69) is 78.9 Å². The standard InChI is InChI=1S/C42H38BNO4S/c44-33-35-27-29-36(30-28-35)34-49(46,40-23-12-4-13-24-40,41-25-14-5-15-26-41)48-43(45)47-32-16-31-42(37-17-6-1-7-18-37,38-19-8-2-9-20-38)39-21-10-3-11-22-39/h1-15,17-30,45H,16,31-32,34H2. The normalized spacial score (nSPS) is 12.4. The van der Waals surface area contributed by atoms with Gasteiger partial charge in [0.05, 0.1) is 27.2 Å². The molecule has 0 radical (unpaired) electrons. The molecule has 0 spiro atoms. The topological polar surface area (TPSA) is 79.6 Å². The highest BCUT2D eigenvalue weighted by Gasteiger charge is 2.42. The molecule has 0 aromatic heterocycles. The van der Waals surface area contributed by atoms with E-state index < -0.39 is 22.1 Å². The maximum absolute atomic E-state index is 15.9.